The molecule has 1 rings (SSSR count). The molecule has 1 aromatic carbocycles. The highest BCUT2D eigenvalue weighted by Crippen LogP contribution is 2.25. The molecule has 0 aliphatic carbocycles. The molecule has 0 fully saturated rings. The zero-order valence-corrected chi connectivity index (χ0v) is 22.5. The van der Waals surface area contributed by atoms with Crippen LogP contribution in [0.5, 0.6) is 0 Å². The quantitative estimate of drug-likeness (QED) is 0.204. The monoisotopic (exact) mass is 470 g/mol. The largest absolute Gasteiger partial charge is 0.388 e. The molecule has 0 aromatic heterocycles. The fourth-order valence-corrected chi connectivity index (χ4v) is 2.41. The first-order valence-electron chi connectivity index (χ1n) is 10.7. The first-order valence-corrected chi connectivity index (χ1v) is 11.6. The van der Waals surface area contributed by atoms with E-state index in [2.05, 4.69) is 33.9 Å². The number of carbonyl (C=O) groups excluding carboxylic acids is 2. The molecule has 32 heavy (non-hydrogen) atoms. The summed E-state index contributed by atoms with van der Waals surface area (Å²) in [4.78, 5) is 23.4. The Bertz CT molecular complexity index is 623. The summed E-state index contributed by atoms with van der Waals surface area (Å²) in [6, 6.07) is 10.1. The van der Waals surface area contributed by atoms with Crippen LogP contribution in [0.4, 0.5) is 5.69 Å². The highest BCUT2D eigenvalue weighted by Gasteiger charge is 2.31. The first-order chi connectivity index (χ1) is 15.3. The Morgan fingerprint density at radius 3 is 2.00 bits per heavy atom. The minimum Gasteiger partial charge on any atom is -0.388 e. The Kier molecular flexibility index (Phi) is 24.0. The summed E-state index contributed by atoms with van der Waals surface area (Å²) in [5.41, 5.74) is 1.71. The molecule has 1 amide bonds. The van der Waals surface area contributed by atoms with Gasteiger partial charge in [0.2, 0.25) is 5.91 Å². The predicted molar refractivity (Wildman–Crippen MR) is 141 cm³/mol. The van der Waals surface area contributed by atoms with Crippen molar-refractivity contribution in [1.82, 2.24) is 16.0 Å². The normalized spacial score (nSPS) is 11.5. The number of allylic oxidation sites excluding steroid dienone is 1. The van der Waals surface area contributed by atoms with Crippen LogP contribution in [0.2, 0.25) is 0 Å². The number of anilines is 1. The maximum absolute atomic E-state index is 12.3. The van der Waals surface area contributed by atoms with Gasteiger partial charge in [0.05, 0.1) is 12.3 Å². The lowest BCUT2D eigenvalue weighted by Crippen LogP contribution is -2.42. The van der Waals surface area contributed by atoms with Crippen LogP contribution in [0, 0.1) is 11.3 Å². The topological polar surface area (TPSA) is 91.5 Å². The summed E-state index contributed by atoms with van der Waals surface area (Å²) in [6.45, 7) is 10.8. The predicted octanol–water partition coefficient (Wildman–Crippen LogP) is 3.56. The van der Waals surface area contributed by atoms with Gasteiger partial charge in [-0.05, 0) is 30.9 Å². The summed E-state index contributed by atoms with van der Waals surface area (Å²) in [5.74, 6) is -0.429. The Labute approximate surface area is 201 Å². The van der Waals surface area contributed by atoms with Gasteiger partial charge in [0.25, 0.3) is 0 Å². The minimum atomic E-state index is -0.245. The Morgan fingerprint density at radius 2 is 1.66 bits per heavy atom. The number of para-hydroxylation sites is 1. The first kappa shape index (κ1) is 34.6. The van der Waals surface area contributed by atoms with Gasteiger partial charge in [-0.2, -0.15) is 12.6 Å². The smallest absolute Gasteiger partial charge is 0.227 e. The molecule has 186 valence electrons. The van der Waals surface area contributed by atoms with Gasteiger partial charge in [-0.3, -0.25) is 9.59 Å². The molecule has 0 heterocycles. The van der Waals surface area contributed by atoms with Gasteiger partial charge in [0, 0.05) is 39.4 Å². The van der Waals surface area contributed by atoms with Crippen molar-refractivity contribution in [3.05, 3.63) is 41.7 Å². The molecule has 7 nitrogen and oxygen atoms in total. The third-order valence-corrected chi connectivity index (χ3v) is 4.55. The number of likely N-dealkylation sites (N-methyl/N-ethyl adjacent to an activating group) is 1. The van der Waals surface area contributed by atoms with Crippen molar-refractivity contribution in [1.29, 1.82) is 0 Å². The minimum absolute atomic E-state index is 0.184. The van der Waals surface area contributed by atoms with E-state index < -0.39 is 0 Å². The fraction of sp³-hybridized carbons (Fsp3) is 0.583. The van der Waals surface area contributed by atoms with Crippen LogP contribution in [0.15, 0.2) is 41.7 Å². The van der Waals surface area contributed by atoms with E-state index in [1.54, 1.807) is 13.3 Å². The average molecular weight is 471 g/mol. The molecule has 0 bridgehead atoms. The van der Waals surface area contributed by atoms with E-state index in [4.69, 9.17) is 4.74 Å². The van der Waals surface area contributed by atoms with E-state index in [9.17, 15) is 9.59 Å². The molecule has 0 aliphatic rings. The van der Waals surface area contributed by atoms with Crippen LogP contribution in [-0.4, -0.2) is 59.9 Å². The van der Waals surface area contributed by atoms with Crippen molar-refractivity contribution in [2.24, 2.45) is 11.3 Å². The Morgan fingerprint density at radius 1 is 1.12 bits per heavy atom. The molecular formula is C24H46N4O3S. The molecule has 1 aromatic rings. The van der Waals surface area contributed by atoms with Crippen molar-refractivity contribution in [3.8, 4) is 0 Å². The number of benzene rings is 1. The van der Waals surface area contributed by atoms with Crippen LogP contribution >= 0.6 is 12.6 Å². The van der Waals surface area contributed by atoms with Crippen LogP contribution in [-0.2, 0) is 14.3 Å². The average Bonchev–Trinajstić information content (AvgIpc) is 2.84. The van der Waals surface area contributed by atoms with E-state index in [1.165, 1.54) is 7.11 Å². The van der Waals surface area contributed by atoms with Gasteiger partial charge in [-0.15, -0.1) is 0 Å². The zero-order chi connectivity index (χ0) is 25.6. The van der Waals surface area contributed by atoms with Crippen LogP contribution in [0.3, 0.4) is 0 Å². The SMILES string of the molecule is CC.CNCC(C)(C)C(C)C(=O)N/C(C=O)=C(\COC)NC.CNc1ccccc1.CS. The molecule has 8 heteroatoms. The maximum Gasteiger partial charge on any atom is 0.227 e. The number of rotatable bonds is 10. The highest BCUT2D eigenvalue weighted by atomic mass is 32.1. The Hall–Kier alpha value is -2.03. The standard InChI is InChI=1S/C14H27N3O3.C7H9N.C2H6.CH4S/c1-10(14(2,3)9-15-4)13(19)17-11(7-18)12(16-5)8-20-6;1-8-7-5-3-2-4-6-7;2*1-2/h7,10,15-16H,8-9H2,1-6H3,(H,17,19);2-6,8H,1H3;1-2H3;2H,1H3/b12-11+;;;. The number of amides is 1. The molecule has 1 unspecified atom stereocenters. The highest BCUT2D eigenvalue weighted by molar-refractivity contribution is 7.79. The Balaban J connectivity index is -0.000000575. The van der Waals surface area contributed by atoms with E-state index in [-0.39, 0.29) is 29.5 Å². The molecule has 0 radical (unpaired) electrons. The lowest BCUT2D eigenvalue weighted by Gasteiger charge is -2.30. The van der Waals surface area contributed by atoms with Crippen LogP contribution in [0.25, 0.3) is 0 Å². The van der Waals surface area contributed by atoms with E-state index in [1.807, 2.05) is 79.0 Å². The molecular weight excluding hydrogens is 424 g/mol. The number of methoxy groups -OCH3 is 1. The molecule has 0 saturated heterocycles. The lowest BCUT2D eigenvalue weighted by molar-refractivity contribution is -0.127. The van der Waals surface area contributed by atoms with E-state index in [0.717, 1.165) is 5.69 Å². The number of hydrogen-bond donors (Lipinski definition) is 5. The number of aldehydes is 1. The van der Waals surface area contributed by atoms with Gasteiger partial charge < -0.3 is 26.0 Å². The van der Waals surface area contributed by atoms with Gasteiger partial charge >= 0.3 is 0 Å². The van der Waals surface area contributed by atoms with E-state index >= 15 is 0 Å². The summed E-state index contributed by atoms with van der Waals surface area (Å²) in [6.07, 6.45) is 2.32. The van der Waals surface area contributed by atoms with Crippen molar-refractivity contribution < 1.29 is 14.3 Å². The number of nitrogens with one attached hydrogen (secondary N) is 4. The second-order valence-corrected chi connectivity index (χ2v) is 7.04. The number of carbonyl (C=O) groups is 2. The summed E-state index contributed by atoms with van der Waals surface area (Å²) in [7, 11) is 6.97. The lowest BCUT2D eigenvalue weighted by atomic mass is 9.79. The zero-order valence-electron chi connectivity index (χ0n) is 21.6. The van der Waals surface area contributed by atoms with Crippen molar-refractivity contribution in [3.63, 3.8) is 0 Å². The second kappa shape index (κ2) is 22.2. The van der Waals surface area contributed by atoms with E-state index in [0.29, 0.717) is 18.5 Å². The van der Waals surface area contributed by atoms with Crippen LogP contribution < -0.4 is 21.3 Å². The molecule has 1 atom stereocenters. The van der Waals surface area contributed by atoms with Crippen molar-refractivity contribution in [2.75, 3.05) is 53.0 Å². The van der Waals surface area contributed by atoms with Crippen molar-refractivity contribution in [2.45, 2.75) is 34.6 Å². The van der Waals surface area contributed by atoms with Gasteiger partial charge in [0.15, 0.2) is 6.29 Å². The third-order valence-electron chi connectivity index (χ3n) is 4.55. The van der Waals surface area contributed by atoms with Crippen molar-refractivity contribution >= 4 is 30.5 Å². The number of hydrogen-bond acceptors (Lipinski definition) is 7. The van der Waals surface area contributed by atoms with Crippen LogP contribution in [0.1, 0.15) is 34.6 Å². The number of ether oxygens (including phenoxy) is 1. The maximum atomic E-state index is 12.3. The third kappa shape index (κ3) is 14.9. The summed E-state index contributed by atoms with van der Waals surface area (Å²) < 4.78 is 4.98. The fourth-order valence-electron chi connectivity index (χ4n) is 2.41. The van der Waals surface area contributed by atoms with Gasteiger partial charge in [-0.25, -0.2) is 0 Å². The summed E-state index contributed by atoms with van der Waals surface area (Å²) in [5, 5.41) is 11.6. The second-order valence-electron chi connectivity index (χ2n) is 7.04. The van der Waals surface area contributed by atoms with Gasteiger partial charge in [-0.1, -0.05) is 52.8 Å². The molecule has 0 saturated carbocycles. The van der Waals surface area contributed by atoms with Gasteiger partial charge in [0.1, 0.15) is 5.70 Å². The molecule has 0 aliphatic heterocycles. The summed E-state index contributed by atoms with van der Waals surface area (Å²) >= 11 is 3.53. The molecule has 4 N–H and O–H groups in total. The molecule has 0 spiro atoms. The number of thiol groups is 1.